The molecule has 0 bridgehead atoms. The maximum absolute atomic E-state index is 13.2. The molecule has 3 rings (SSSR count). The topological polar surface area (TPSA) is 77.5 Å². The van der Waals surface area contributed by atoms with Gasteiger partial charge in [0.1, 0.15) is 11.5 Å². The number of benzene rings is 1. The summed E-state index contributed by atoms with van der Waals surface area (Å²) in [5, 5.41) is 0. The predicted octanol–water partition coefficient (Wildman–Crippen LogP) is 2.57. The van der Waals surface area contributed by atoms with Crippen LogP contribution < -0.4 is 9.47 Å². The SMILES string of the molecule is CC/C=C\C1=C(COCCCN2CCOCC2)C(=O)N(Cc2ccc(OC)cc2OC)C1=O. The minimum atomic E-state index is -0.318. The van der Waals surface area contributed by atoms with E-state index in [0.717, 1.165) is 51.3 Å². The van der Waals surface area contributed by atoms with Crippen molar-refractivity contribution in [3.63, 3.8) is 0 Å². The van der Waals surface area contributed by atoms with E-state index in [-0.39, 0.29) is 25.0 Å². The fourth-order valence-corrected chi connectivity index (χ4v) is 3.88. The van der Waals surface area contributed by atoms with E-state index in [1.807, 2.05) is 13.0 Å². The van der Waals surface area contributed by atoms with E-state index < -0.39 is 0 Å². The van der Waals surface area contributed by atoms with Crippen LogP contribution in [0.3, 0.4) is 0 Å². The molecule has 0 radical (unpaired) electrons. The average molecular weight is 459 g/mol. The number of rotatable bonds is 12. The molecule has 0 N–H and O–H groups in total. The molecule has 1 aromatic rings. The van der Waals surface area contributed by atoms with Crippen LogP contribution in [0.25, 0.3) is 0 Å². The van der Waals surface area contributed by atoms with Crippen molar-refractivity contribution < 1.29 is 28.5 Å². The van der Waals surface area contributed by atoms with E-state index >= 15 is 0 Å². The molecular weight excluding hydrogens is 424 g/mol. The molecule has 8 heteroatoms. The number of carbonyl (C=O) groups is 2. The number of imide groups is 1. The van der Waals surface area contributed by atoms with Crippen LogP contribution in [0.4, 0.5) is 0 Å². The first-order valence-electron chi connectivity index (χ1n) is 11.4. The van der Waals surface area contributed by atoms with Gasteiger partial charge >= 0.3 is 0 Å². The quantitative estimate of drug-likeness (QED) is 0.352. The molecule has 0 saturated carbocycles. The van der Waals surface area contributed by atoms with Gasteiger partial charge in [-0.05, 0) is 25.0 Å². The summed E-state index contributed by atoms with van der Waals surface area (Å²) in [5.74, 6) is 0.579. The first-order chi connectivity index (χ1) is 16.1. The lowest BCUT2D eigenvalue weighted by Gasteiger charge is -2.26. The highest BCUT2D eigenvalue weighted by molar-refractivity contribution is 6.20. The Morgan fingerprint density at radius 3 is 2.58 bits per heavy atom. The number of hydrogen-bond acceptors (Lipinski definition) is 7. The maximum Gasteiger partial charge on any atom is 0.261 e. The molecule has 8 nitrogen and oxygen atoms in total. The highest BCUT2D eigenvalue weighted by Gasteiger charge is 2.37. The number of amides is 2. The van der Waals surface area contributed by atoms with Gasteiger partial charge in [-0.1, -0.05) is 19.1 Å². The summed E-state index contributed by atoms with van der Waals surface area (Å²) in [4.78, 5) is 29.9. The fraction of sp³-hybridized carbons (Fsp3) is 0.520. The lowest BCUT2D eigenvalue weighted by molar-refractivity contribution is -0.138. The summed E-state index contributed by atoms with van der Waals surface area (Å²) in [6.45, 7) is 7.10. The minimum absolute atomic E-state index is 0.118. The number of methoxy groups -OCH3 is 2. The van der Waals surface area contributed by atoms with Crippen molar-refractivity contribution in [1.82, 2.24) is 9.80 Å². The van der Waals surface area contributed by atoms with Crippen molar-refractivity contribution in [2.24, 2.45) is 0 Å². The highest BCUT2D eigenvalue weighted by atomic mass is 16.5. The summed E-state index contributed by atoms with van der Waals surface area (Å²) in [6.07, 6.45) is 5.25. The van der Waals surface area contributed by atoms with Crippen LogP contribution in [-0.2, 0) is 25.6 Å². The number of carbonyl (C=O) groups excluding carboxylic acids is 2. The van der Waals surface area contributed by atoms with E-state index in [9.17, 15) is 9.59 Å². The molecule has 0 spiro atoms. The largest absolute Gasteiger partial charge is 0.497 e. The fourth-order valence-electron chi connectivity index (χ4n) is 3.88. The van der Waals surface area contributed by atoms with Crippen LogP contribution in [0.1, 0.15) is 25.3 Å². The third-order valence-corrected chi connectivity index (χ3v) is 5.76. The van der Waals surface area contributed by atoms with Crippen LogP contribution in [-0.4, -0.2) is 81.9 Å². The van der Waals surface area contributed by atoms with E-state index in [2.05, 4.69) is 4.90 Å². The summed E-state index contributed by atoms with van der Waals surface area (Å²) < 4.78 is 21.9. The molecule has 2 heterocycles. The molecule has 1 fully saturated rings. The molecule has 2 amide bonds. The second kappa shape index (κ2) is 12.5. The van der Waals surface area contributed by atoms with Gasteiger partial charge in [0.05, 0.1) is 51.7 Å². The first-order valence-corrected chi connectivity index (χ1v) is 11.4. The normalized spacial score (nSPS) is 17.5. The average Bonchev–Trinajstić information content (AvgIpc) is 3.07. The van der Waals surface area contributed by atoms with Crippen LogP contribution in [0.5, 0.6) is 11.5 Å². The van der Waals surface area contributed by atoms with Gasteiger partial charge in [-0.2, -0.15) is 0 Å². The summed E-state index contributed by atoms with van der Waals surface area (Å²) in [7, 11) is 3.13. The van der Waals surface area contributed by atoms with Gasteiger partial charge < -0.3 is 18.9 Å². The van der Waals surface area contributed by atoms with Gasteiger partial charge in [-0.15, -0.1) is 0 Å². The third-order valence-electron chi connectivity index (χ3n) is 5.76. The minimum Gasteiger partial charge on any atom is -0.497 e. The van der Waals surface area contributed by atoms with E-state index in [4.69, 9.17) is 18.9 Å². The summed E-state index contributed by atoms with van der Waals surface area (Å²) in [6, 6.07) is 5.33. The molecule has 2 aliphatic rings. The number of hydrogen-bond donors (Lipinski definition) is 0. The van der Waals surface area contributed by atoms with E-state index in [0.29, 0.717) is 29.3 Å². The molecule has 0 atom stereocenters. The summed E-state index contributed by atoms with van der Waals surface area (Å²) in [5.41, 5.74) is 1.54. The van der Waals surface area contributed by atoms with Gasteiger partial charge in [-0.3, -0.25) is 19.4 Å². The van der Waals surface area contributed by atoms with Crippen LogP contribution in [0.15, 0.2) is 41.5 Å². The summed E-state index contributed by atoms with van der Waals surface area (Å²) >= 11 is 0. The molecule has 1 saturated heterocycles. The molecular formula is C25H34N2O6. The van der Waals surface area contributed by atoms with Crippen molar-refractivity contribution in [2.45, 2.75) is 26.3 Å². The Morgan fingerprint density at radius 1 is 1.09 bits per heavy atom. The zero-order chi connectivity index (χ0) is 23.6. The standard InChI is InChI=1S/C25H34N2O6/c1-4-5-7-21-22(18-33-13-6-10-26-11-14-32-15-12-26)25(29)27(24(21)28)17-19-8-9-20(30-2)16-23(19)31-3/h5,7-9,16H,4,6,10-15,17-18H2,1-3H3/b7-5-. The number of nitrogens with zero attached hydrogens (tertiary/aromatic N) is 2. The zero-order valence-corrected chi connectivity index (χ0v) is 19.8. The molecule has 33 heavy (non-hydrogen) atoms. The van der Waals surface area contributed by atoms with Crippen molar-refractivity contribution in [3.05, 3.63) is 47.1 Å². The van der Waals surface area contributed by atoms with Crippen molar-refractivity contribution in [3.8, 4) is 11.5 Å². The zero-order valence-electron chi connectivity index (χ0n) is 19.8. The molecule has 2 aliphatic heterocycles. The van der Waals surface area contributed by atoms with Crippen molar-refractivity contribution in [1.29, 1.82) is 0 Å². The third kappa shape index (κ3) is 6.43. The van der Waals surface area contributed by atoms with Gasteiger partial charge in [0.15, 0.2) is 0 Å². The lowest BCUT2D eigenvalue weighted by Crippen LogP contribution is -2.37. The van der Waals surface area contributed by atoms with Crippen LogP contribution >= 0.6 is 0 Å². The maximum atomic E-state index is 13.2. The Balaban J connectivity index is 1.64. The Hall–Kier alpha value is -2.68. The van der Waals surface area contributed by atoms with Crippen molar-refractivity contribution >= 4 is 11.8 Å². The van der Waals surface area contributed by atoms with Gasteiger partial charge in [-0.25, -0.2) is 0 Å². The van der Waals surface area contributed by atoms with E-state index in [1.165, 1.54) is 4.90 Å². The molecule has 0 unspecified atom stereocenters. The lowest BCUT2D eigenvalue weighted by atomic mass is 10.1. The van der Waals surface area contributed by atoms with Crippen LogP contribution in [0, 0.1) is 0 Å². The molecule has 180 valence electrons. The molecule has 0 aromatic heterocycles. The number of ether oxygens (including phenoxy) is 4. The monoisotopic (exact) mass is 458 g/mol. The van der Waals surface area contributed by atoms with Gasteiger partial charge in [0.25, 0.3) is 11.8 Å². The van der Waals surface area contributed by atoms with E-state index in [1.54, 1.807) is 38.5 Å². The Bertz CT molecular complexity index is 889. The Kier molecular flexibility index (Phi) is 9.47. The molecule has 0 aliphatic carbocycles. The molecule has 1 aromatic carbocycles. The predicted molar refractivity (Wildman–Crippen MR) is 124 cm³/mol. The van der Waals surface area contributed by atoms with Gasteiger partial charge in [0, 0.05) is 37.9 Å². The number of allylic oxidation sites excluding steroid dienone is 1. The second-order valence-corrected chi connectivity index (χ2v) is 7.94. The van der Waals surface area contributed by atoms with Gasteiger partial charge in [0.2, 0.25) is 0 Å². The van der Waals surface area contributed by atoms with Crippen LogP contribution in [0.2, 0.25) is 0 Å². The smallest absolute Gasteiger partial charge is 0.261 e. The highest BCUT2D eigenvalue weighted by Crippen LogP contribution is 2.29. The second-order valence-electron chi connectivity index (χ2n) is 7.94. The number of morpholine rings is 1. The Labute approximate surface area is 195 Å². The Morgan fingerprint density at radius 2 is 1.88 bits per heavy atom. The first kappa shape index (κ1) is 25.0. The van der Waals surface area contributed by atoms with Crippen molar-refractivity contribution in [2.75, 3.05) is 60.3 Å².